The Hall–Kier alpha value is -2.63. The fraction of sp³-hybridized carbons (Fsp3) is 0.421. The number of nitro groups is 1. The van der Waals surface area contributed by atoms with Crippen molar-refractivity contribution in [2.24, 2.45) is 7.05 Å². The SMILES string of the molecule is Cn1cccc1[C@@H]1CCCCCN1C(=O)Cc1ccccc1[N+](=O)[O-]. The van der Waals surface area contributed by atoms with Crippen molar-refractivity contribution >= 4 is 11.6 Å². The molecular formula is C19H23N3O3. The standard InChI is InChI=1S/C19H23N3O3/c1-20-12-7-11-17(20)18-10-3-2-6-13-21(18)19(23)14-15-8-4-5-9-16(15)22(24)25/h4-5,7-9,11-12,18H,2-3,6,10,13-14H2,1H3/t18-/m0/s1. The molecule has 132 valence electrons. The molecule has 2 aromatic rings. The van der Waals surface area contributed by atoms with E-state index in [0.717, 1.165) is 31.4 Å². The van der Waals surface area contributed by atoms with E-state index < -0.39 is 4.92 Å². The molecule has 1 amide bonds. The van der Waals surface area contributed by atoms with E-state index in [1.165, 1.54) is 6.07 Å². The van der Waals surface area contributed by atoms with E-state index in [4.69, 9.17) is 0 Å². The van der Waals surface area contributed by atoms with E-state index in [-0.39, 0.29) is 24.1 Å². The molecule has 0 aliphatic carbocycles. The quantitative estimate of drug-likeness (QED) is 0.630. The number of carbonyl (C=O) groups excluding carboxylic acids is 1. The molecule has 25 heavy (non-hydrogen) atoms. The van der Waals surface area contributed by atoms with Crippen molar-refractivity contribution in [3.8, 4) is 0 Å². The molecule has 0 bridgehead atoms. The van der Waals surface area contributed by atoms with Crippen LogP contribution in [0, 0.1) is 10.1 Å². The summed E-state index contributed by atoms with van der Waals surface area (Å²) in [7, 11) is 1.99. The van der Waals surface area contributed by atoms with Crippen LogP contribution in [0.3, 0.4) is 0 Å². The zero-order chi connectivity index (χ0) is 17.8. The number of hydrogen-bond donors (Lipinski definition) is 0. The highest BCUT2D eigenvalue weighted by atomic mass is 16.6. The van der Waals surface area contributed by atoms with Crippen molar-refractivity contribution in [1.29, 1.82) is 0 Å². The summed E-state index contributed by atoms with van der Waals surface area (Å²) in [6, 6.07) is 10.6. The zero-order valence-electron chi connectivity index (χ0n) is 14.4. The van der Waals surface area contributed by atoms with Crippen LogP contribution < -0.4 is 0 Å². The lowest BCUT2D eigenvalue weighted by atomic mass is 10.0. The maximum atomic E-state index is 13.0. The number of carbonyl (C=O) groups is 1. The second kappa shape index (κ2) is 7.51. The summed E-state index contributed by atoms with van der Waals surface area (Å²) in [4.78, 5) is 25.7. The molecule has 0 radical (unpaired) electrons. The molecule has 1 aromatic heterocycles. The van der Waals surface area contributed by atoms with Gasteiger partial charge in [-0.25, -0.2) is 0 Å². The fourth-order valence-corrected chi connectivity index (χ4v) is 3.64. The summed E-state index contributed by atoms with van der Waals surface area (Å²) in [5.74, 6) is -0.0394. The van der Waals surface area contributed by atoms with Crippen molar-refractivity contribution in [2.45, 2.75) is 38.1 Å². The lowest BCUT2D eigenvalue weighted by Crippen LogP contribution is -2.36. The molecular weight excluding hydrogens is 318 g/mol. The van der Waals surface area contributed by atoms with Crippen LogP contribution in [0.5, 0.6) is 0 Å². The largest absolute Gasteiger partial charge is 0.353 e. The van der Waals surface area contributed by atoms with Gasteiger partial charge in [-0.2, -0.15) is 0 Å². The highest BCUT2D eigenvalue weighted by Gasteiger charge is 2.29. The van der Waals surface area contributed by atoms with Gasteiger partial charge in [0.1, 0.15) is 0 Å². The number of nitrogens with zero attached hydrogens (tertiary/aromatic N) is 3. The van der Waals surface area contributed by atoms with E-state index in [9.17, 15) is 14.9 Å². The van der Waals surface area contributed by atoms with Crippen LogP contribution >= 0.6 is 0 Å². The topological polar surface area (TPSA) is 68.4 Å². The average Bonchev–Trinajstić information content (AvgIpc) is 2.87. The molecule has 3 rings (SSSR count). The highest BCUT2D eigenvalue weighted by Crippen LogP contribution is 2.31. The van der Waals surface area contributed by atoms with E-state index >= 15 is 0 Å². The third-order valence-corrected chi connectivity index (χ3v) is 4.93. The summed E-state index contributed by atoms with van der Waals surface area (Å²) < 4.78 is 2.06. The summed E-state index contributed by atoms with van der Waals surface area (Å²) in [5, 5.41) is 11.2. The summed E-state index contributed by atoms with van der Waals surface area (Å²) in [6.45, 7) is 0.704. The third-order valence-electron chi connectivity index (χ3n) is 4.93. The highest BCUT2D eigenvalue weighted by molar-refractivity contribution is 5.80. The van der Waals surface area contributed by atoms with Crippen LogP contribution in [0.1, 0.15) is 43.0 Å². The minimum absolute atomic E-state index is 0.0149. The van der Waals surface area contributed by atoms with Crippen LogP contribution in [0.15, 0.2) is 42.6 Å². The average molecular weight is 341 g/mol. The minimum atomic E-state index is -0.417. The van der Waals surface area contributed by atoms with Crippen LogP contribution in [-0.2, 0) is 18.3 Å². The number of amides is 1. The fourth-order valence-electron chi connectivity index (χ4n) is 3.64. The Morgan fingerprint density at radius 1 is 1.20 bits per heavy atom. The first-order chi connectivity index (χ1) is 12.1. The summed E-state index contributed by atoms with van der Waals surface area (Å²) >= 11 is 0. The first-order valence-electron chi connectivity index (χ1n) is 8.71. The van der Waals surface area contributed by atoms with Crippen LogP contribution in [0.2, 0.25) is 0 Å². The van der Waals surface area contributed by atoms with Gasteiger partial charge in [0, 0.05) is 37.1 Å². The van der Waals surface area contributed by atoms with E-state index in [0.29, 0.717) is 12.1 Å². The Morgan fingerprint density at radius 2 is 2.00 bits per heavy atom. The molecule has 6 nitrogen and oxygen atoms in total. The molecule has 2 heterocycles. The van der Waals surface area contributed by atoms with Crippen LogP contribution in [0.4, 0.5) is 5.69 Å². The van der Waals surface area contributed by atoms with E-state index in [2.05, 4.69) is 10.6 Å². The van der Waals surface area contributed by atoms with Crippen LogP contribution in [-0.4, -0.2) is 26.8 Å². The number of aromatic nitrogens is 1. The maximum Gasteiger partial charge on any atom is 0.273 e. The van der Waals surface area contributed by atoms with Crippen molar-refractivity contribution in [3.05, 3.63) is 64.0 Å². The van der Waals surface area contributed by atoms with E-state index in [1.54, 1.807) is 18.2 Å². The molecule has 1 atom stereocenters. The van der Waals surface area contributed by atoms with Gasteiger partial charge in [-0.3, -0.25) is 14.9 Å². The first-order valence-corrected chi connectivity index (χ1v) is 8.71. The number of hydrogen-bond acceptors (Lipinski definition) is 3. The molecule has 0 saturated carbocycles. The molecule has 0 unspecified atom stereocenters. The predicted molar refractivity (Wildman–Crippen MR) is 95.1 cm³/mol. The number of benzene rings is 1. The second-order valence-corrected chi connectivity index (χ2v) is 6.56. The lowest BCUT2D eigenvalue weighted by Gasteiger charge is -2.30. The molecule has 1 aromatic carbocycles. The minimum Gasteiger partial charge on any atom is -0.353 e. The van der Waals surface area contributed by atoms with Gasteiger partial charge in [-0.15, -0.1) is 0 Å². The number of rotatable bonds is 4. The molecule has 1 saturated heterocycles. The van der Waals surface area contributed by atoms with Gasteiger partial charge in [0.25, 0.3) is 5.69 Å². The van der Waals surface area contributed by atoms with Gasteiger partial charge in [0.2, 0.25) is 5.91 Å². The van der Waals surface area contributed by atoms with Crippen molar-refractivity contribution in [3.63, 3.8) is 0 Å². The summed E-state index contributed by atoms with van der Waals surface area (Å²) in [6.07, 6.45) is 6.16. The maximum absolute atomic E-state index is 13.0. The number of aryl methyl sites for hydroxylation is 1. The molecule has 6 heteroatoms. The first kappa shape index (κ1) is 17.2. The molecule has 1 aliphatic heterocycles. The normalized spacial score (nSPS) is 18.0. The number of likely N-dealkylation sites (tertiary alicyclic amines) is 1. The van der Waals surface area contributed by atoms with E-state index in [1.807, 2.05) is 24.2 Å². The van der Waals surface area contributed by atoms with Gasteiger partial charge >= 0.3 is 0 Å². The Bertz CT molecular complexity index is 769. The van der Waals surface area contributed by atoms with Gasteiger partial charge in [0.05, 0.1) is 17.4 Å². The zero-order valence-corrected chi connectivity index (χ0v) is 14.4. The van der Waals surface area contributed by atoms with Gasteiger partial charge in [0.15, 0.2) is 0 Å². The number of para-hydroxylation sites is 1. The smallest absolute Gasteiger partial charge is 0.273 e. The Labute approximate surface area is 147 Å². The third kappa shape index (κ3) is 3.73. The molecule has 0 N–H and O–H groups in total. The Balaban J connectivity index is 1.86. The van der Waals surface area contributed by atoms with Gasteiger partial charge in [-0.1, -0.05) is 31.0 Å². The van der Waals surface area contributed by atoms with Crippen LogP contribution in [0.25, 0.3) is 0 Å². The van der Waals surface area contributed by atoms with Crippen molar-refractivity contribution in [2.75, 3.05) is 6.54 Å². The molecule has 1 aliphatic rings. The Kier molecular flexibility index (Phi) is 5.16. The van der Waals surface area contributed by atoms with Gasteiger partial charge in [-0.05, 0) is 25.0 Å². The number of nitro benzene ring substituents is 1. The Morgan fingerprint density at radius 3 is 2.72 bits per heavy atom. The van der Waals surface area contributed by atoms with Gasteiger partial charge < -0.3 is 9.47 Å². The predicted octanol–water partition coefficient (Wildman–Crippen LogP) is 3.62. The molecule has 1 fully saturated rings. The lowest BCUT2D eigenvalue weighted by molar-refractivity contribution is -0.385. The van der Waals surface area contributed by atoms with Crippen molar-refractivity contribution < 1.29 is 9.72 Å². The second-order valence-electron chi connectivity index (χ2n) is 6.56. The summed E-state index contributed by atoms with van der Waals surface area (Å²) in [5.41, 5.74) is 1.62. The monoisotopic (exact) mass is 341 g/mol. The molecule has 0 spiro atoms. The van der Waals surface area contributed by atoms with Crippen molar-refractivity contribution in [1.82, 2.24) is 9.47 Å².